The highest BCUT2D eigenvalue weighted by molar-refractivity contribution is 5.41. The van der Waals surface area contributed by atoms with Gasteiger partial charge in [-0.15, -0.1) is 0 Å². The Bertz CT molecular complexity index is 1090. The molecule has 1 aliphatic carbocycles. The lowest BCUT2D eigenvalue weighted by Crippen LogP contribution is -2.19. The van der Waals surface area contributed by atoms with Crippen LogP contribution in [0.1, 0.15) is 40.2 Å². The molecule has 2 atom stereocenters. The van der Waals surface area contributed by atoms with Crippen LogP contribution in [-0.2, 0) is 24.5 Å². The van der Waals surface area contributed by atoms with Gasteiger partial charge in [-0.1, -0.05) is 42.5 Å². The van der Waals surface area contributed by atoms with Gasteiger partial charge in [-0.2, -0.15) is 10.2 Å². The molecule has 4 aromatic rings. The van der Waals surface area contributed by atoms with Crippen molar-refractivity contribution in [1.29, 1.82) is 0 Å². The van der Waals surface area contributed by atoms with E-state index in [1.165, 1.54) is 11.1 Å². The van der Waals surface area contributed by atoms with Gasteiger partial charge in [0.05, 0.1) is 12.4 Å². The van der Waals surface area contributed by atoms with Gasteiger partial charge in [-0.05, 0) is 42.4 Å². The standard InChI is InChI=1S/C24H23N4O/c29-23-8-4-7-19-11-17(9-10-22(19)23)15-28-16-21(14-27-28)24(20-12-25-26-13-20)18-5-2-1-3-6-18/h1-8,12-14,16-17,24H,9-11,15H2,(H,25,26). The molecule has 2 aromatic carbocycles. The first-order valence-electron chi connectivity index (χ1n) is 10.1. The number of rotatable bonds is 5. The van der Waals surface area contributed by atoms with Crippen LogP contribution in [0.4, 0.5) is 0 Å². The van der Waals surface area contributed by atoms with E-state index >= 15 is 0 Å². The second-order valence-corrected chi connectivity index (χ2v) is 7.87. The summed E-state index contributed by atoms with van der Waals surface area (Å²) < 4.78 is 2.06. The summed E-state index contributed by atoms with van der Waals surface area (Å²) in [5.74, 6) is 0.799. The average molecular weight is 383 g/mol. The van der Waals surface area contributed by atoms with E-state index in [9.17, 15) is 5.11 Å². The van der Waals surface area contributed by atoms with Crippen LogP contribution in [0.3, 0.4) is 0 Å². The number of fused-ring (bicyclic) bond motifs is 1. The van der Waals surface area contributed by atoms with Crippen LogP contribution in [-0.4, -0.2) is 20.0 Å². The smallest absolute Gasteiger partial charge is 0.182 e. The van der Waals surface area contributed by atoms with E-state index in [1.807, 2.05) is 30.7 Å². The van der Waals surface area contributed by atoms with Crippen LogP contribution in [0.5, 0.6) is 5.75 Å². The van der Waals surface area contributed by atoms with Crippen LogP contribution >= 0.6 is 0 Å². The third kappa shape index (κ3) is 3.56. The maximum absolute atomic E-state index is 12.0. The van der Waals surface area contributed by atoms with Crippen molar-refractivity contribution in [2.75, 3.05) is 0 Å². The van der Waals surface area contributed by atoms with Gasteiger partial charge in [-0.25, -0.2) is 0 Å². The number of nitrogens with zero attached hydrogens (tertiary/aromatic N) is 3. The fourth-order valence-electron chi connectivity index (χ4n) is 4.54. The average Bonchev–Trinajstić information content (AvgIpc) is 3.42. The minimum atomic E-state index is 0.110. The number of nitrogens with one attached hydrogen (secondary N) is 1. The first-order valence-corrected chi connectivity index (χ1v) is 10.1. The van der Waals surface area contributed by atoms with Crippen molar-refractivity contribution in [2.24, 2.45) is 5.92 Å². The molecule has 2 heterocycles. The molecule has 0 saturated carbocycles. The Labute approximate surface area is 170 Å². The van der Waals surface area contributed by atoms with Crippen LogP contribution in [0, 0.1) is 5.92 Å². The van der Waals surface area contributed by atoms with Crippen molar-refractivity contribution in [3.8, 4) is 5.75 Å². The molecule has 2 unspecified atom stereocenters. The quantitative estimate of drug-likeness (QED) is 0.541. The van der Waals surface area contributed by atoms with E-state index in [-0.39, 0.29) is 11.7 Å². The predicted octanol–water partition coefficient (Wildman–Crippen LogP) is 4.74. The Morgan fingerprint density at radius 3 is 2.76 bits per heavy atom. The van der Waals surface area contributed by atoms with Gasteiger partial charge in [0.2, 0.25) is 0 Å². The molecule has 0 amide bonds. The molecule has 145 valence electrons. The lowest BCUT2D eigenvalue weighted by molar-refractivity contribution is 0.333. The van der Waals surface area contributed by atoms with Crippen LogP contribution in [0.25, 0.3) is 0 Å². The lowest BCUT2D eigenvalue weighted by Gasteiger charge is -2.24. The van der Waals surface area contributed by atoms with Crippen molar-refractivity contribution in [1.82, 2.24) is 20.0 Å². The zero-order valence-corrected chi connectivity index (χ0v) is 16.2. The van der Waals surface area contributed by atoms with Crippen LogP contribution in [0.15, 0.2) is 73.3 Å². The fraction of sp³-hybridized carbons (Fsp3) is 0.250. The van der Waals surface area contributed by atoms with Gasteiger partial charge >= 0.3 is 0 Å². The number of H-pyrrole nitrogens is 1. The van der Waals surface area contributed by atoms with Crippen molar-refractivity contribution in [2.45, 2.75) is 31.7 Å². The molecule has 5 heteroatoms. The van der Waals surface area contributed by atoms with Gasteiger partial charge in [-0.3, -0.25) is 14.9 Å². The normalized spacial score (nSPS) is 17.0. The van der Waals surface area contributed by atoms with E-state index in [1.54, 1.807) is 6.07 Å². The minimum Gasteiger partial charge on any atom is -0.290 e. The second-order valence-electron chi connectivity index (χ2n) is 7.87. The Balaban J connectivity index is 1.37. The molecule has 0 spiro atoms. The summed E-state index contributed by atoms with van der Waals surface area (Å²) in [7, 11) is 0. The summed E-state index contributed by atoms with van der Waals surface area (Å²) in [5, 5.41) is 23.8. The number of hydrogen-bond donors (Lipinski definition) is 1. The Morgan fingerprint density at radius 2 is 1.93 bits per heavy atom. The summed E-state index contributed by atoms with van der Waals surface area (Å²) in [6, 6.07) is 16.1. The Hall–Kier alpha value is -3.34. The number of aromatic nitrogens is 4. The monoisotopic (exact) mass is 383 g/mol. The van der Waals surface area contributed by atoms with Crippen molar-refractivity contribution >= 4 is 0 Å². The van der Waals surface area contributed by atoms with Crippen LogP contribution in [0.2, 0.25) is 0 Å². The molecule has 0 bridgehead atoms. The molecule has 2 aromatic heterocycles. The van der Waals surface area contributed by atoms with E-state index in [4.69, 9.17) is 0 Å². The highest BCUT2D eigenvalue weighted by atomic mass is 16.3. The molecule has 1 radical (unpaired) electrons. The van der Waals surface area contributed by atoms with Gasteiger partial charge in [0, 0.05) is 41.5 Å². The molecule has 1 N–H and O–H groups in total. The molecule has 1 aliphatic rings. The minimum absolute atomic E-state index is 0.110. The fourth-order valence-corrected chi connectivity index (χ4v) is 4.54. The first-order chi connectivity index (χ1) is 14.3. The molecular weight excluding hydrogens is 360 g/mol. The first kappa shape index (κ1) is 17.7. The van der Waals surface area contributed by atoms with Gasteiger partial charge in [0.25, 0.3) is 0 Å². The van der Waals surface area contributed by atoms with Gasteiger partial charge in [0.15, 0.2) is 5.75 Å². The predicted molar refractivity (Wildman–Crippen MR) is 110 cm³/mol. The third-order valence-electron chi connectivity index (χ3n) is 5.96. The topological polar surface area (TPSA) is 66.4 Å². The van der Waals surface area contributed by atoms with Gasteiger partial charge < -0.3 is 0 Å². The summed E-state index contributed by atoms with van der Waals surface area (Å²) in [6.45, 7) is 0.870. The lowest BCUT2D eigenvalue weighted by atomic mass is 9.83. The van der Waals surface area contributed by atoms with E-state index in [0.717, 1.165) is 42.5 Å². The number of hydrogen-bond acceptors (Lipinski definition) is 2. The molecule has 0 saturated heterocycles. The highest BCUT2D eigenvalue weighted by Crippen LogP contribution is 2.34. The summed E-state index contributed by atoms with van der Waals surface area (Å²) in [6.07, 6.45) is 10.8. The molecule has 0 fully saturated rings. The third-order valence-corrected chi connectivity index (χ3v) is 5.96. The summed E-state index contributed by atoms with van der Waals surface area (Å²) in [5.41, 5.74) is 5.74. The van der Waals surface area contributed by atoms with E-state index < -0.39 is 0 Å². The highest BCUT2D eigenvalue weighted by Gasteiger charge is 2.23. The molecule has 5 nitrogen and oxygen atoms in total. The van der Waals surface area contributed by atoms with Gasteiger partial charge in [0.1, 0.15) is 0 Å². The second kappa shape index (κ2) is 7.59. The van der Waals surface area contributed by atoms with Crippen molar-refractivity contribution < 1.29 is 5.11 Å². The Morgan fingerprint density at radius 1 is 1.03 bits per heavy atom. The van der Waals surface area contributed by atoms with Crippen LogP contribution < -0.4 is 0 Å². The van der Waals surface area contributed by atoms with Crippen molar-refractivity contribution in [3.05, 3.63) is 101 Å². The number of benzene rings is 2. The Kier molecular flexibility index (Phi) is 4.64. The zero-order valence-electron chi connectivity index (χ0n) is 16.2. The molecule has 5 rings (SSSR count). The number of aromatic amines is 1. The molecular formula is C24H23N4O. The van der Waals surface area contributed by atoms with E-state index in [2.05, 4.69) is 56.5 Å². The zero-order chi connectivity index (χ0) is 19.6. The van der Waals surface area contributed by atoms with Crippen molar-refractivity contribution in [3.63, 3.8) is 0 Å². The summed E-state index contributed by atoms with van der Waals surface area (Å²) in [4.78, 5) is 0. The van der Waals surface area contributed by atoms with E-state index in [0.29, 0.717) is 5.92 Å². The molecule has 29 heavy (non-hydrogen) atoms. The maximum atomic E-state index is 12.0. The molecule has 0 aliphatic heterocycles. The summed E-state index contributed by atoms with van der Waals surface area (Å²) >= 11 is 0. The SMILES string of the molecule is [O]c1cccc2c1CCC(Cn1cc(C(c3ccccc3)c3cn[nH]c3)cn1)C2. The maximum Gasteiger partial charge on any atom is 0.182 e. The largest absolute Gasteiger partial charge is 0.290 e.